The Balaban J connectivity index is 1.85. The Bertz CT molecular complexity index is 877. The summed E-state index contributed by atoms with van der Waals surface area (Å²) in [5, 5.41) is 3.51. The summed E-state index contributed by atoms with van der Waals surface area (Å²) in [6.45, 7) is 3.69. The van der Waals surface area contributed by atoms with Gasteiger partial charge in [0.25, 0.3) is 5.89 Å². The number of sulfone groups is 1. The Hall–Kier alpha value is -2.22. The third-order valence-corrected chi connectivity index (χ3v) is 6.96. The molecule has 0 spiro atoms. The standard InChI is InChI=1S/C19H25N3O4S/c1-14(2)27(24,25)13-17(23)22-12-8-4-7-11-16(22)18-20-19(26-21-18)15-9-5-3-6-10-15/h3,5-6,9-10,14,16H,4,7-8,11-13H2,1-2H3/t16-/m1/s1. The van der Waals surface area contributed by atoms with Gasteiger partial charge in [-0.1, -0.05) is 36.2 Å². The maximum atomic E-state index is 12.8. The van der Waals surface area contributed by atoms with E-state index in [2.05, 4.69) is 10.1 Å². The minimum Gasteiger partial charge on any atom is -0.334 e. The molecule has 0 N–H and O–H groups in total. The summed E-state index contributed by atoms with van der Waals surface area (Å²) in [6.07, 6.45) is 3.45. The molecule has 1 fully saturated rings. The van der Waals surface area contributed by atoms with Crippen LogP contribution in [0.3, 0.4) is 0 Å². The van der Waals surface area contributed by atoms with E-state index in [9.17, 15) is 13.2 Å². The lowest BCUT2D eigenvalue weighted by Gasteiger charge is -2.28. The molecule has 7 nitrogen and oxygen atoms in total. The molecule has 0 aliphatic carbocycles. The highest BCUT2D eigenvalue weighted by atomic mass is 32.2. The Kier molecular flexibility index (Phi) is 5.94. The number of nitrogens with zero attached hydrogens (tertiary/aromatic N) is 3. The number of aromatic nitrogens is 2. The fourth-order valence-corrected chi connectivity index (χ4v) is 4.01. The van der Waals surface area contributed by atoms with Gasteiger partial charge in [0.2, 0.25) is 5.91 Å². The van der Waals surface area contributed by atoms with E-state index in [-0.39, 0.29) is 11.9 Å². The zero-order valence-electron chi connectivity index (χ0n) is 15.7. The molecule has 1 aliphatic heterocycles. The summed E-state index contributed by atoms with van der Waals surface area (Å²) in [4.78, 5) is 18.9. The predicted molar refractivity (Wildman–Crippen MR) is 102 cm³/mol. The molecule has 0 bridgehead atoms. The number of hydrogen-bond donors (Lipinski definition) is 0. The number of rotatable bonds is 5. The average molecular weight is 391 g/mol. The van der Waals surface area contributed by atoms with Crippen molar-refractivity contribution in [3.63, 3.8) is 0 Å². The van der Waals surface area contributed by atoms with Gasteiger partial charge in [0.1, 0.15) is 5.75 Å². The van der Waals surface area contributed by atoms with Crippen LogP contribution in [0, 0.1) is 0 Å². The fourth-order valence-electron chi connectivity index (χ4n) is 3.17. The Morgan fingerprint density at radius 2 is 1.96 bits per heavy atom. The van der Waals surface area contributed by atoms with E-state index in [0.29, 0.717) is 24.7 Å². The van der Waals surface area contributed by atoms with E-state index in [1.54, 1.807) is 18.7 Å². The van der Waals surface area contributed by atoms with Gasteiger partial charge in [-0.05, 0) is 38.8 Å². The molecule has 1 saturated heterocycles. The zero-order valence-corrected chi connectivity index (χ0v) is 16.5. The molecule has 0 saturated carbocycles. The Morgan fingerprint density at radius 1 is 1.22 bits per heavy atom. The molecule has 0 radical (unpaired) electrons. The number of hydrogen-bond acceptors (Lipinski definition) is 6. The first kappa shape index (κ1) is 19.5. The van der Waals surface area contributed by atoms with Crippen LogP contribution in [0.2, 0.25) is 0 Å². The highest BCUT2D eigenvalue weighted by Crippen LogP contribution is 2.30. The van der Waals surface area contributed by atoms with Crippen LogP contribution in [0.4, 0.5) is 0 Å². The van der Waals surface area contributed by atoms with Crippen LogP contribution >= 0.6 is 0 Å². The molecule has 3 rings (SSSR count). The minimum atomic E-state index is -3.46. The van der Waals surface area contributed by atoms with E-state index in [0.717, 1.165) is 24.8 Å². The van der Waals surface area contributed by atoms with Crippen molar-refractivity contribution >= 4 is 15.7 Å². The van der Waals surface area contributed by atoms with Gasteiger partial charge < -0.3 is 9.42 Å². The number of likely N-dealkylation sites (tertiary alicyclic amines) is 1. The van der Waals surface area contributed by atoms with E-state index < -0.39 is 20.8 Å². The predicted octanol–water partition coefficient (Wildman–Crippen LogP) is 3.00. The molecule has 1 aromatic heterocycles. The summed E-state index contributed by atoms with van der Waals surface area (Å²) in [6, 6.07) is 9.07. The van der Waals surface area contributed by atoms with Gasteiger partial charge in [-0.25, -0.2) is 8.42 Å². The highest BCUT2D eigenvalue weighted by molar-refractivity contribution is 7.92. The summed E-state index contributed by atoms with van der Waals surface area (Å²) in [5.74, 6) is -0.0327. The van der Waals surface area contributed by atoms with Crippen molar-refractivity contribution in [1.82, 2.24) is 15.0 Å². The fraction of sp³-hybridized carbons (Fsp3) is 0.526. The number of benzene rings is 1. The van der Waals surface area contributed by atoms with Gasteiger partial charge >= 0.3 is 0 Å². The van der Waals surface area contributed by atoms with Crippen molar-refractivity contribution in [1.29, 1.82) is 0 Å². The number of amides is 1. The SMILES string of the molecule is CC(C)S(=O)(=O)CC(=O)N1CCCCC[C@@H]1c1noc(-c2ccccc2)n1. The molecule has 8 heteroatoms. The van der Waals surface area contributed by atoms with E-state index in [1.165, 1.54) is 0 Å². The van der Waals surface area contributed by atoms with Gasteiger partial charge in [-0.3, -0.25) is 4.79 Å². The normalized spacial score (nSPS) is 18.5. The highest BCUT2D eigenvalue weighted by Gasteiger charge is 2.33. The lowest BCUT2D eigenvalue weighted by molar-refractivity contribution is -0.131. The summed E-state index contributed by atoms with van der Waals surface area (Å²) in [5.41, 5.74) is 0.810. The van der Waals surface area contributed by atoms with Crippen molar-refractivity contribution in [3.8, 4) is 11.5 Å². The zero-order chi connectivity index (χ0) is 19.4. The monoisotopic (exact) mass is 391 g/mol. The van der Waals surface area contributed by atoms with E-state index >= 15 is 0 Å². The molecule has 2 aromatic rings. The topological polar surface area (TPSA) is 93.4 Å². The van der Waals surface area contributed by atoms with Crippen LogP contribution in [-0.2, 0) is 14.6 Å². The molecular formula is C19H25N3O4S. The lowest BCUT2D eigenvalue weighted by atomic mass is 10.1. The molecule has 1 atom stereocenters. The largest absolute Gasteiger partial charge is 0.334 e. The minimum absolute atomic E-state index is 0.358. The van der Waals surface area contributed by atoms with Crippen molar-refractivity contribution in [3.05, 3.63) is 36.2 Å². The molecule has 2 heterocycles. The van der Waals surface area contributed by atoms with Crippen LogP contribution in [0.25, 0.3) is 11.5 Å². The smallest absolute Gasteiger partial charge is 0.257 e. The molecular weight excluding hydrogens is 366 g/mol. The van der Waals surface area contributed by atoms with Gasteiger partial charge in [-0.2, -0.15) is 4.98 Å². The third-order valence-electron chi connectivity index (χ3n) is 4.88. The van der Waals surface area contributed by atoms with Crippen LogP contribution < -0.4 is 0 Å². The maximum absolute atomic E-state index is 12.8. The Labute approximate surface area is 159 Å². The van der Waals surface area contributed by atoms with Crippen molar-refractivity contribution < 1.29 is 17.7 Å². The average Bonchev–Trinajstić information content (AvgIpc) is 2.99. The Morgan fingerprint density at radius 3 is 2.67 bits per heavy atom. The second-order valence-corrected chi connectivity index (χ2v) is 9.69. The van der Waals surface area contributed by atoms with Gasteiger partial charge in [0.05, 0.1) is 11.3 Å². The second-order valence-electron chi connectivity index (χ2n) is 7.13. The first-order valence-electron chi connectivity index (χ1n) is 9.28. The summed E-state index contributed by atoms with van der Waals surface area (Å²) < 4.78 is 29.8. The van der Waals surface area contributed by atoms with Crippen LogP contribution in [0.1, 0.15) is 51.4 Å². The first-order valence-corrected chi connectivity index (χ1v) is 11.0. The van der Waals surface area contributed by atoms with Crippen LogP contribution in [0.5, 0.6) is 0 Å². The summed E-state index contributed by atoms with van der Waals surface area (Å²) >= 11 is 0. The van der Waals surface area contributed by atoms with Gasteiger partial charge in [0.15, 0.2) is 15.7 Å². The quantitative estimate of drug-likeness (QED) is 0.778. The molecule has 1 aromatic carbocycles. The third kappa shape index (κ3) is 4.55. The first-order chi connectivity index (χ1) is 12.9. The van der Waals surface area contributed by atoms with Crippen molar-refractivity contribution in [2.45, 2.75) is 50.8 Å². The number of carbonyl (C=O) groups excluding carboxylic acids is 1. The molecule has 0 unspecified atom stereocenters. The molecule has 1 aliphatic rings. The van der Waals surface area contributed by atoms with E-state index in [1.807, 2.05) is 30.3 Å². The van der Waals surface area contributed by atoms with E-state index in [4.69, 9.17) is 4.52 Å². The van der Waals surface area contributed by atoms with Crippen molar-refractivity contribution in [2.24, 2.45) is 0 Å². The molecule has 27 heavy (non-hydrogen) atoms. The summed E-state index contributed by atoms with van der Waals surface area (Å²) in [7, 11) is -3.46. The van der Waals surface area contributed by atoms with Gasteiger partial charge in [-0.15, -0.1) is 0 Å². The van der Waals surface area contributed by atoms with Crippen molar-refractivity contribution in [2.75, 3.05) is 12.3 Å². The molecule has 1 amide bonds. The number of carbonyl (C=O) groups is 1. The second kappa shape index (κ2) is 8.21. The van der Waals surface area contributed by atoms with Gasteiger partial charge in [0, 0.05) is 12.1 Å². The lowest BCUT2D eigenvalue weighted by Crippen LogP contribution is -2.40. The van der Waals surface area contributed by atoms with Crippen LogP contribution in [0.15, 0.2) is 34.9 Å². The molecule has 146 valence electrons. The maximum Gasteiger partial charge on any atom is 0.257 e. The van der Waals surface area contributed by atoms with Crippen LogP contribution in [-0.4, -0.2) is 46.9 Å².